The molecule has 148 valence electrons. The van der Waals surface area contributed by atoms with Crippen LogP contribution in [0.15, 0.2) is 36.9 Å². The Labute approximate surface area is 168 Å². The third-order valence-electron chi connectivity index (χ3n) is 6.25. The third kappa shape index (κ3) is 2.81. The van der Waals surface area contributed by atoms with Gasteiger partial charge in [-0.25, -0.2) is 4.52 Å². The van der Waals surface area contributed by atoms with Gasteiger partial charge < -0.3 is 9.80 Å². The van der Waals surface area contributed by atoms with E-state index in [1.165, 1.54) is 0 Å². The number of anilines is 1. The first-order chi connectivity index (χ1) is 14.0. The van der Waals surface area contributed by atoms with Gasteiger partial charge in [0.25, 0.3) is 0 Å². The van der Waals surface area contributed by atoms with Crippen LogP contribution in [0.2, 0.25) is 0 Å². The highest BCUT2D eigenvalue weighted by atomic mass is 16.2. The molecule has 2 aliphatic rings. The minimum atomic E-state index is -0.953. The van der Waals surface area contributed by atoms with E-state index in [2.05, 4.69) is 39.1 Å². The van der Waals surface area contributed by atoms with Gasteiger partial charge >= 0.3 is 0 Å². The molecule has 0 aromatic carbocycles. The van der Waals surface area contributed by atoms with Crippen LogP contribution < -0.4 is 4.90 Å². The minimum Gasteiger partial charge on any atom is -0.309 e. The summed E-state index contributed by atoms with van der Waals surface area (Å²) in [5, 5.41) is 18.4. The number of aromatic nitrogens is 4. The van der Waals surface area contributed by atoms with Crippen molar-refractivity contribution in [3.8, 4) is 17.2 Å². The minimum absolute atomic E-state index is 0.144. The van der Waals surface area contributed by atoms with Crippen LogP contribution in [0, 0.1) is 16.7 Å². The molecule has 0 N–H and O–H groups in total. The van der Waals surface area contributed by atoms with Crippen molar-refractivity contribution in [3.05, 3.63) is 36.9 Å². The fourth-order valence-electron chi connectivity index (χ4n) is 4.38. The Morgan fingerprint density at radius 3 is 2.83 bits per heavy atom. The lowest BCUT2D eigenvalue weighted by Crippen LogP contribution is -2.32. The predicted octanol–water partition coefficient (Wildman–Crippen LogP) is 2.34. The van der Waals surface area contributed by atoms with Crippen molar-refractivity contribution in [1.82, 2.24) is 24.3 Å². The number of hydrogen-bond donors (Lipinski definition) is 0. The van der Waals surface area contributed by atoms with Gasteiger partial charge in [0.1, 0.15) is 5.41 Å². The number of nitrogens with zero attached hydrogens (tertiary/aromatic N) is 7. The first-order valence-corrected chi connectivity index (χ1v) is 9.92. The molecule has 2 atom stereocenters. The van der Waals surface area contributed by atoms with E-state index in [0.717, 1.165) is 41.8 Å². The smallest absolute Gasteiger partial charge is 0.247 e. The lowest BCUT2D eigenvalue weighted by Gasteiger charge is -2.18. The highest BCUT2D eigenvalue weighted by Gasteiger charge is 2.44. The molecule has 3 aromatic rings. The van der Waals surface area contributed by atoms with Crippen molar-refractivity contribution in [1.29, 1.82) is 5.26 Å². The normalized spacial score (nSPS) is 25.2. The van der Waals surface area contributed by atoms with Crippen molar-refractivity contribution < 1.29 is 4.79 Å². The summed E-state index contributed by atoms with van der Waals surface area (Å²) in [4.78, 5) is 16.8. The number of carbonyl (C=O) groups is 1. The molecule has 5 heterocycles. The SMILES string of the molecule is CN1CCC(n2cc(-c3cc4c(N5CC[C@](C)(C#N)C5=O)ccnn4c3)cn2)C1. The summed E-state index contributed by atoms with van der Waals surface area (Å²) in [5.74, 6) is -0.144. The lowest BCUT2D eigenvalue weighted by molar-refractivity contribution is -0.122. The maximum absolute atomic E-state index is 12.8. The number of likely N-dealkylation sites (tertiary alicyclic amines) is 1. The van der Waals surface area contributed by atoms with E-state index in [-0.39, 0.29) is 5.91 Å². The van der Waals surface area contributed by atoms with Crippen LogP contribution >= 0.6 is 0 Å². The molecule has 1 unspecified atom stereocenters. The number of hydrogen-bond acceptors (Lipinski definition) is 5. The van der Waals surface area contributed by atoms with Gasteiger partial charge in [-0.05, 0) is 45.5 Å². The van der Waals surface area contributed by atoms with Crippen LogP contribution in [0.1, 0.15) is 25.8 Å². The van der Waals surface area contributed by atoms with Crippen molar-refractivity contribution in [2.45, 2.75) is 25.8 Å². The topological polar surface area (TPSA) is 82.5 Å². The van der Waals surface area contributed by atoms with Crippen LogP contribution in [0.3, 0.4) is 0 Å². The number of likely N-dealkylation sites (N-methyl/N-ethyl adjacent to an activating group) is 1. The van der Waals surface area contributed by atoms with E-state index in [4.69, 9.17) is 0 Å². The Balaban J connectivity index is 1.49. The second-order valence-corrected chi connectivity index (χ2v) is 8.34. The lowest BCUT2D eigenvalue weighted by atomic mass is 9.91. The van der Waals surface area contributed by atoms with E-state index in [0.29, 0.717) is 19.0 Å². The standard InChI is InChI=1S/C21H23N7O/c1-21(14-22)5-8-26(20(21)29)18-3-6-23-28-11-15(9-19(18)28)16-10-24-27(12-16)17-4-7-25(2)13-17/h3,6,9-12,17H,4-5,7-8,13H2,1-2H3/t17?,21-/m1/s1. The molecule has 0 radical (unpaired) electrons. The van der Waals surface area contributed by atoms with Gasteiger partial charge in [-0.2, -0.15) is 15.5 Å². The summed E-state index contributed by atoms with van der Waals surface area (Å²) in [6.45, 7) is 4.36. The third-order valence-corrected chi connectivity index (χ3v) is 6.25. The molecule has 8 nitrogen and oxygen atoms in total. The Morgan fingerprint density at radius 1 is 1.24 bits per heavy atom. The van der Waals surface area contributed by atoms with E-state index in [9.17, 15) is 10.1 Å². The molecule has 5 rings (SSSR count). The molecule has 2 saturated heterocycles. The second-order valence-electron chi connectivity index (χ2n) is 8.34. The van der Waals surface area contributed by atoms with Crippen molar-refractivity contribution in [2.24, 2.45) is 5.41 Å². The first kappa shape index (κ1) is 17.9. The highest BCUT2D eigenvalue weighted by Crippen LogP contribution is 2.37. The maximum atomic E-state index is 12.8. The highest BCUT2D eigenvalue weighted by molar-refractivity contribution is 6.04. The van der Waals surface area contributed by atoms with Gasteiger partial charge in [0, 0.05) is 42.8 Å². The first-order valence-electron chi connectivity index (χ1n) is 9.92. The summed E-state index contributed by atoms with van der Waals surface area (Å²) in [5.41, 5.74) is 2.74. The summed E-state index contributed by atoms with van der Waals surface area (Å²) >= 11 is 0. The molecular weight excluding hydrogens is 366 g/mol. The molecule has 2 fully saturated rings. The van der Waals surface area contributed by atoms with Crippen molar-refractivity contribution in [2.75, 3.05) is 31.6 Å². The van der Waals surface area contributed by atoms with Gasteiger partial charge in [0.05, 0.1) is 29.5 Å². The van der Waals surface area contributed by atoms with Crippen LogP contribution in [0.4, 0.5) is 5.69 Å². The Kier molecular flexibility index (Phi) is 3.96. The van der Waals surface area contributed by atoms with Crippen LogP contribution in [-0.2, 0) is 4.79 Å². The Morgan fingerprint density at radius 2 is 2.10 bits per heavy atom. The van der Waals surface area contributed by atoms with Crippen molar-refractivity contribution >= 4 is 17.1 Å². The molecule has 29 heavy (non-hydrogen) atoms. The van der Waals surface area contributed by atoms with Gasteiger partial charge in [0.2, 0.25) is 5.91 Å². The monoisotopic (exact) mass is 389 g/mol. The molecule has 0 spiro atoms. The van der Waals surface area contributed by atoms with E-state index in [1.54, 1.807) is 22.5 Å². The fraction of sp³-hybridized carbons (Fsp3) is 0.429. The van der Waals surface area contributed by atoms with Crippen LogP contribution in [-0.4, -0.2) is 56.9 Å². The average molecular weight is 389 g/mol. The number of amides is 1. The molecule has 0 aliphatic carbocycles. The molecular formula is C21H23N7O. The Bertz CT molecular complexity index is 1140. The van der Waals surface area contributed by atoms with E-state index >= 15 is 0 Å². The van der Waals surface area contributed by atoms with Gasteiger partial charge in [-0.15, -0.1) is 0 Å². The molecule has 8 heteroatoms. The quantitative estimate of drug-likeness (QED) is 0.687. The molecule has 2 aliphatic heterocycles. The van der Waals surface area contributed by atoms with E-state index in [1.807, 2.05) is 24.5 Å². The molecule has 0 saturated carbocycles. The maximum Gasteiger partial charge on any atom is 0.247 e. The van der Waals surface area contributed by atoms with Gasteiger partial charge in [-0.3, -0.25) is 9.48 Å². The van der Waals surface area contributed by atoms with Crippen molar-refractivity contribution in [3.63, 3.8) is 0 Å². The number of nitriles is 1. The largest absolute Gasteiger partial charge is 0.309 e. The number of rotatable bonds is 3. The molecule has 1 amide bonds. The average Bonchev–Trinajstić information content (AvgIpc) is 3.48. The number of fused-ring (bicyclic) bond motifs is 1. The number of carbonyl (C=O) groups excluding carboxylic acids is 1. The summed E-state index contributed by atoms with van der Waals surface area (Å²) < 4.78 is 3.85. The van der Waals surface area contributed by atoms with Gasteiger partial charge in [0.15, 0.2) is 0 Å². The van der Waals surface area contributed by atoms with Gasteiger partial charge in [-0.1, -0.05) is 0 Å². The molecule has 0 bridgehead atoms. The fourth-order valence-corrected chi connectivity index (χ4v) is 4.38. The zero-order valence-corrected chi connectivity index (χ0v) is 16.6. The summed E-state index contributed by atoms with van der Waals surface area (Å²) in [6.07, 6.45) is 9.28. The zero-order chi connectivity index (χ0) is 20.2. The van der Waals surface area contributed by atoms with Crippen LogP contribution in [0.25, 0.3) is 16.6 Å². The van der Waals surface area contributed by atoms with E-state index < -0.39 is 5.41 Å². The molecule has 3 aromatic heterocycles. The zero-order valence-electron chi connectivity index (χ0n) is 16.6. The predicted molar refractivity (Wildman–Crippen MR) is 108 cm³/mol. The summed E-state index contributed by atoms with van der Waals surface area (Å²) in [6, 6.07) is 6.47. The summed E-state index contributed by atoms with van der Waals surface area (Å²) in [7, 11) is 2.13. The van der Waals surface area contributed by atoms with Crippen LogP contribution in [0.5, 0.6) is 0 Å². The second kappa shape index (κ2) is 6.42. The Hall–Kier alpha value is -3.18.